The molecule has 26 heavy (non-hydrogen) atoms. The molecule has 156 valence electrons. The summed E-state index contributed by atoms with van der Waals surface area (Å²) in [5.74, 6) is 2.23. The van der Waals surface area contributed by atoms with Gasteiger partial charge in [-0.1, -0.05) is 61.8 Å². The largest absolute Gasteiger partial charge is 0.381 e. The van der Waals surface area contributed by atoms with E-state index in [9.17, 15) is 0 Å². The van der Waals surface area contributed by atoms with Crippen LogP contribution in [0.15, 0.2) is 4.99 Å². The van der Waals surface area contributed by atoms with Crippen molar-refractivity contribution in [3.63, 3.8) is 0 Å². The van der Waals surface area contributed by atoms with Gasteiger partial charge in [0, 0.05) is 19.8 Å². The fourth-order valence-electron chi connectivity index (χ4n) is 3.92. The van der Waals surface area contributed by atoms with Crippen molar-refractivity contribution >= 4 is 5.96 Å². The van der Waals surface area contributed by atoms with Crippen LogP contribution in [0.25, 0.3) is 0 Å². The summed E-state index contributed by atoms with van der Waals surface area (Å²) in [4.78, 5) is 4.01. The molecule has 0 amide bonds. The Hall–Kier alpha value is -0.770. The van der Waals surface area contributed by atoms with Crippen molar-refractivity contribution in [3.05, 3.63) is 0 Å². The van der Waals surface area contributed by atoms with E-state index in [1.165, 1.54) is 25.7 Å². The summed E-state index contributed by atoms with van der Waals surface area (Å²) < 4.78 is 6.00. The van der Waals surface area contributed by atoms with Gasteiger partial charge in [0.15, 0.2) is 5.96 Å². The van der Waals surface area contributed by atoms with E-state index in [0.29, 0.717) is 29.2 Å². The lowest BCUT2D eigenvalue weighted by molar-refractivity contribution is 0.0622. The predicted octanol–water partition coefficient (Wildman–Crippen LogP) is 5.21. The Morgan fingerprint density at radius 2 is 1.50 bits per heavy atom. The average molecular weight is 370 g/mol. The van der Waals surface area contributed by atoms with E-state index in [1.807, 2.05) is 0 Å². The average Bonchev–Trinajstić information content (AvgIpc) is 2.41. The third kappa shape index (κ3) is 15.5. The van der Waals surface area contributed by atoms with Crippen LogP contribution in [-0.2, 0) is 4.74 Å². The fraction of sp³-hybridized carbons (Fsp3) is 0.955. The highest BCUT2D eigenvalue weighted by molar-refractivity contribution is 5.75. The zero-order chi connectivity index (χ0) is 20.4. The van der Waals surface area contributed by atoms with E-state index in [4.69, 9.17) is 16.2 Å². The fourth-order valence-corrected chi connectivity index (χ4v) is 3.92. The van der Waals surface area contributed by atoms with Crippen LogP contribution in [0.5, 0.6) is 0 Å². The number of guanidine groups is 1. The molecule has 0 aliphatic carbocycles. The van der Waals surface area contributed by atoms with Gasteiger partial charge in [0.2, 0.25) is 0 Å². The van der Waals surface area contributed by atoms with E-state index in [0.717, 1.165) is 25.6 Å². The first-order chi connectivity index (χ1) is 11.8. The van der Waals surface area contributed by atoms with Crippen molar-refractivity contribution in [3.8, 4) is 0 Å². The maximum absolute atomic E-state index is 6.00. The molecule has 4 nitrogen and oxygen atoms in total. The second-order valence-electron chi connectivity index (χ2n) is 10.7. The van der Waals surface area contributed by atoms with E-state index < -0.39 is 0 Å². The highest BCUT2D eigenvalue weighted by Crippen LogP contribution is 2.33. The van der Waals surface area contributed by atoms with Gasteiger partial charge in [-0.25, -0.2) is 0 Å². The molecule has 3 unspecified atom stereocenters. The zero-order valence-electron chi connectivity index (χ0n) is 18.9. The number of nitrogens with zero attached hydrogens (tertiary/aromatic N) is 1. The second-order valence-corrected chi connectivity index (χ2v) is 10.7. The monoisotopic (exact) mass is 369 g/mol. The Bertz CT molecular complexity index is 389. The molecule has 4 heteroatoms. The van der Waals surface area contributed by atoms with Gasteiger partial charge < -0.3 is 16.2 Å². The Labute approximate surface area is 163 Å². The number of aliphatic imine (C=N–C) groups is 1. The van der Waals surface area contributed by atoms with E-state index >= 15 is 0 Å². The van der Waals surface area contributed by atoms with Crippen LogP contribution in [0, 0.1) is 28.6 Å². The minimum absolute atomic E-state index is 0.162. The minimum atomic E-state index is 0.162. The molecule has 0 aromatic rings. The smallest absolute Gasteiger partial charge is 0.185 e. The molecule has 0 spiro atoms. The van der Waals surface area contributed by atoms with Crippen molar-refractivity contribution in [2.75, 3.05) is 19.8 Å². The van der Waals surface area contributed by atoms with Crippen LogP contribution >= 0.6 is 0 Å². The third-order valence-corrected chi connectivity index (χ3v) is 4.80. The molecule has 0 radical (unpaired) electrons. The molecule has 0 aliphatic rings. The van der Waals surface area contributed by atoms with E-state index in [1.54, 1.807) is 0 Å². The Morgan fingerprint density at radius 3 is 2.00 bits per heavy atom. The van der Waals surface area contributed by atoms with Gasteiger partial charge in [-0.3, -0.25) is 4.99 Å². The van der Waals surface area contributed by atoms with Crippen LogP contribution in [0.4, 0.5) is 0 Å². The maximum atomic E-state index is 6.00. The molecule has 3 atom stereocenters. The Morgan fingerprint density at radius 1 is 0.923 bits per heavy atom. The molecule has 0 aliphatic heterocycles. The zero-order valence-corrected chi connectivity index (χ0v) is 18.9. The van der Waals surface area contributed by atoms with Crippen molar-refractivity contribution in [1.82, 2.24) is 0 Å². The lowest BCUT2D eigenvalue weighted by Crippen LogP contribution is -2.24. The summed E-state index contributed by atoms with van der Waals surface area (Å²) >= 11 is 0. The van der Waals surface area contributed by atoms with Gasteiger partial charge in [0.1, 0.15) is 0 Å². The molecule has 0 aromatic carbocycles. The van der Waals surface area contributed by atoms with Crippen LogP contribution in [0.3, 0.4) is 0 Å². The van der Waals surface area contributed by atoms with Gasteiger partial charge in [-0.05, 0) is 54.3 Å². The summed E-state index contributed by atoms with van der Waals surface area (Å²) in [7, 11) is 0. The second kappa shape index (κ2) is 11.8. The molecule has 0 fully saturated rings. The molecular formula is C22H47N3O. The number of ether oxygens (including phenoxy) is 1. The van der Waals surface area contributed by atoms with Crippen LogP contribution in [-0.4, -0.2) is 25.7 Å². The minimum Gasteiger partial charge on any atom is -0.381 e. The van der Waals surface area contributed by atoms with Gasteiger partial charge in [0.25, 0.3) is 0 Å². The summed E-state index contributed by atoms with van der Waals surface area (Å²) in [5, 5.41) is 0. The topological polar surface area (TPSA) is 73.6 Å². The highest BCUT2D eigenvalue weighted by atomic mass is 16.5. The van der Waals surface area contributed by atoms with Gasteiger partial charge in [-0.15, -0.1) is 0 Å². The first-order valence-electron chi connectivity index (χ1n) is 10.4. The number of nitrogens with two attached hydrogens (primary N) is 2. The van der Waals surface area contributed by atoms with Crippen molar-refractivity contribution in [2.45, 2.75) is 87.5 Å². The third-order valence-electron chi connectivity index (χ3n) is 4.80. The molecule has 0 aromatic heterocycles. The summed E-state index contributed by atoms with van der Waals surface area (Å²) in [5.41, 5.74) is 11.5. The predicted molar refractivity (Wildman–Crippen MR) is 115 cm³/mol. The molecule has 0 heterocycles. The number of hydrogen-bond acceptors (Lipinski definition) is 2. The van der Waals surface area contributed by atoms with E-state index in [2.05, 4.69) is 60.4 Å². The molecule has 0 saturated carbocycles. The number of rotatable bonds is 12. The Balaban J connectivity index is 4.48. The molecular weight excluding hydrogens is 322 g/mol. The SMILES string of the molecule is CC(CCC(COCCCN=C(N)N)C(C)CC(C)(C)C)CC(C)(C)C. The van der Waals surface area contributed by atoms with Gasteiger partial charge in [0.05, 0.1) is 0 Å². The normalized spacial score (nSPS) is 16.2. The lowest BCUT2D eigenvalue weighted by Gasteiger charge is -2.31. The Kier molecular flexibility index (Phi) is 11.5. The molecule has 4 N–H and O–H groups in total. The summed E-state index contributed by atoms with van der Waals surface area (Å²) in [6.45, 7) is 21.0. The van der Waals surface area contributed by atoms with Gasteiger partial charge in [-0.2, -0.15) is 0 Å². The molecule has 0 bridgehead atoms. The van der Waals surface area contributed by atoms with E-state index in [-0.39, 0.29) is 5.96 Å². The number of hydrogen-bond donors (Lipinski definition) is 2. The summed E-state index contributed by atoms with van der Waals surface area (Å²) in [6, 6.07) is 0. The van der Waals surface area contributed by atoms with Crippen molar-refractivity contribution in [2.24, 2.45) is 45.0 Å². The standard InChI is InChI=1S/C22H47N3O/c1-17(14-21(3,4)5)10-11-19(18(2)15-22(6,7)8)16-26-13-9-12-25-20(23)24/h17-19H,9-16H2,1-8H3,(H4,23,24,25). The lowest BCUT2D eigenvalue weighted by atomic mass is 9.76. The molecule has 0 saturated heterocycles. The first-order valence-corrected chi connectivity index (χ1v) is 10.4. The van der Waals surface area contributed by atoms with Gasteiger partial charge >= 0.3 is 0 Å². The van der Waals surface area contributed by atoms with Crippen molar-refractivity contribution in [1.29, 1.82) is 0 Å². The highest BCUT2D eigenvalue weighted by Gasteiger charge is 2.24. The van der Waals surface area contributed by atoms with Crippen LogP contribution < -0.4 is 11.5 Å². The molecule has 0 rings (SSSR count). The summed E-state index contributed by atoms with van der Waals surface area (Å²) in [6.07, 6.45) is 5.93. The first kappa shape index (κ1) is 25.2. The maximum Gasteiger partial charge on any atom is 0.185 e. The quantitative estimate of drug-likeness (QED) is 0.282. The van der Waals surface area contributed by atoms with Crippen LogP contribution in [0.2, 0.25) is 0 Å². The van der Waals surface area contributed by atoms with Crippen LogP contribution in [0.1, 0.15) is 87.5 Å². The van der Waals surface area contributed by atoms with Crippen molar-refractivity contribution < 1.29 is 4.74 Å².